The molecule has 0 bridgehead atoms. The Morgan fingerprint density at radius 1 is 0.778 bits per heavy atom. The summed E-state index contributed by atoms with van der Waals surface area (Å²) < 4.78 is 1.99. The zero-order chi connectivity index (χ0) is 19.0. The largest absolute Gasteiger partial charge is 0.283 e. The molecule has 0 aliphatic carbocycles. The minimum absolute atomic E-state index is 0.752. The van der Waals surface area contributed by atoms with Crippen LogP contribution in [0.5, 0.6) is 0 Å². The number of pyridine rings is 1. The lowest BCUT2D eigenvalue weighted by atomic mass is 10.0. The molecular formula is C23H22N4. The van der Waals surface area contributed by atoms with Gasteiger partial charge in [-0.25, -0.2) is 4.98 Å². The van der Waals surface area contributed by atoms with Gasteiger partial charge in [-0.05, 0) is 62.6 Å². The number of aryl methyl sites for hydroxylation is 4. The fourth-order valence-electron chi connectivity index (χ4n) is 3.31. The first kappa shape index (κ1) is 17.2. The molecule has 0 unspecified atom stereocenters. The maximum atomic E-state index is 4.85. The lowest BCUT2D eigenvalue weighted by Crippen LogP contribution is -1.86. The summed E-state index contributed by atoms with van der Waals surface area (Å²) in [6.07, 6.45) is 1.98. The SMILES string of the molecule is Cc1ccc(C)c(-c2nc3ccccn3c2N=Nc2c(C)cccc2C)c1. The zero-order valence-electron chi connectivity index (χ0n) is 16.1. The van der Waals surface area contributed by atoms with Crippen LogP contribution < -0.4 is 0 Å². The smallest absolute Gasteiger partial charge is 0.187 e. The Hall–Kier alpha value is -3.27. The summed E-state index contributed by atoms with van der Waals surface area (Å²) in [4.78, 5) is 4.85. The second-order valence-corrected chi connectivity index (χ2v) is 6.97. The lowest BCUT2D eigenvalue weighted by molar-refractivity contribution is 1.09. The molecule has 4 aromatic rings. The van der Waals surface area contributed by atoms with Crippen LogP contribution in [0.4, 0.5) is 11.5 Å². The standard InChI is InChI=1S/C23H22N4/c1-15-11-12-16(2)19(14-15)22-23(27-13-6-5-10-20(27)24-22)26-25-21-17(3)8-7-9-18(21)4/h5-14H,1-4H3. The molecule has 134 valence electrons. The Morgan fingerprint density at radius 2 is 1.56 bits per heavy atom. The van der Waals surface area contributed by atoms with Gasteiger partial charge in [0.25, 0.3) is 0 Å². The molecule has 4 heteroatoms. The van der Waals surface area contributed by atoms with Crippen LogP contribution in [-0.2, 0) is 0 Å². The fourth-order valence-corrected chi connectivity index (χ4v) is 3.31. The summed E-state index contributed by atoms with van der Waals surface area (Å²) >= 11 is 0. The minimum atomic E-state index is 0.752. The highest BCUT2D eigenvalue weighted by molar-refractivity contribution is 5.77. The van der Waals surface area contributed by atoms with Crippen molar-refractivity contribution in [2.45, 2.75) is 27.7 Å². The first-order valence-corrected chi connectivity index (χ1v) is 9.07. The number of rotatable bonds is 3. The number of nitrogens with zero attached hydrogens (tertiary/aromatic N) is 4. The van der Waals surface area contributed by atoms with Crippen LogP contribution in [-0.4, -0.2) is 9.38 Å². The van der Waals surface area contributed by atoms with Gasteiger partial charge in [0.2, 0.25) is 0 Å². The number of aromatic nitrogens is 2. The summed E-state index contributed by atoms with van der Waals surface area (Å²) in [6, 6.07) is 18.5. The molecule has 0 saturated heterocycles. The van der Waals surface area contributed by atoms with E-state index in [0.717, 1.165) is 39.5 Å². The number of imidazole rings is 1. The van der Waals surface area contributed by atoms with Crippen LogP contribution in [0.1, 0.15) is 22.3 Å². The highest BCUT2D eigenvalue weighted by Crippen LogP contribution is 2.35. The molecule has 0 amide bonds. The maximum absolute atomic E-state index is 4.85. The van der Waals surface area contributed by atoms with Gasteiger partial charge in [0, 0.05) is 11.8 Å². The molecule has 2 aromatic heterocycles. The van der Waals surface area contributed by atoms with Crippen LogP contribution in [0, 0.1) is 27.7 Å². The van der Waals surface area contributed by atoms with Gasteiger partial charge in [0.05, 0.1) is 5.69 Å². The highest BCUT2D eigenvalue weighted by atomic mass is 15.2. The Kier molecular flexibility index (Phi) is 4.32. The van der Waals surface area contributed by atoms with Crippen molar-refractivity contribution in [1.82, 2.24) is 9.38 Å². The van der Waals surface area contributed by atoms with Gasteiger partial charge in [-0.3, -0.25) is 4.40 Å². The van der Waals surface area contributed by atoms with Gasteiger partial charge in [-0.15, -0.1) is 10.2 Å². The van der Waals surface area contributed by atoms with Gasteiger partial charge in [-0.1, -0.05) is 42.0 Å². The molecule has 0 saturated carbocycles. The molecule has 2 heterocycles. The molecular weight excluding hydrogens is 332 g/mol. The van der Waals surface area contributed by atoms with E-state index >= 15 is 0 Å². The van der Waals surface area contributed by atoms with Gasteiger partial charge >= 0.3 is 0 Å². The second-order valence-electron chi connectivity index (χ2n) is 6.97. The molecule has 27 heavy (non-hydrogen) atoms. The van der Waals surface area contributed by atoms with Crippen molar-refractivity contribution >= 4 is 17.2 Å². The average molecular weight is 354 g/mol. The average Bonchev–Trinajstić information content (AvgIpc) is 3.02. The fraction of sp³-hybridized carbons (Fsp3) is 0.174. The summed E-state index contributed by atoms with van der Waals surface area (Å²) in [5.41, 5.74) is 8.32. The molecule has 2 aromatic carbocycles. The molecule has 0 N–H and O–H groups in total. The number of benzene rings is 2. The van der Waals surface area contributed by atoms with E-state index < -0.39 is 0 Å². The molecule has 0 aliphatic rings. The van der Waals surface area contributed by atoms with Crippen LogP contribution in [0.25, 0.3) is 16.9 Å². The minimum Gasteiger partial charge on any atom is -0.283 e. The molecule has 4 rings (SSSR count). The maximum Gasteiger partial charge on any atom is 0.187 e. The quantitative estimate of drug-likeness (QED) is 0.380. The van der Waals surface area contributed by atoms with Crippen molar-refractivity contribution in [2.24, 2.45) is 10.2 Å². The number of hydrogen-bond acceptors (Lipinski definition) is 3. The second kappa shape index (κ2) is 6.80. The van der Waals surface area contributed by atoms with E-state index in [0.29, 0.717) is 0 Å². The van der Waals surface area contributed by atoms with Gasteiger partial charge in [0.15, 0.2) is 5.82 Å². The van der Waals surface area contributed by atoms with Crippen molar-refractivity contribution in [3.63, 3.8) is 0 Å². The summed E-state index contributed by atoms with van der Waals surface area (Å²) in [5.74, 6) is 0.752. The van der Waals surface area contributed by atoms with Crippen LogP contribution in [0.3, 0.4) is 0 Å². The van der Waals surface area contributed by atoms with Crippen molar-refractivity contribution in [3.8, 4) is 11.3 Å². The molecule has 0 radical (unpaired) electrons. The topological polar surface area (TPSA) is 42.0 Å². The van der Waals surface area contributed by atoms with Crippen molar-refractivity contribution in [1.29, 1.82) is 0 Å². The van der Waals surface area contributed by atoms with E-state index in [1.165, 1.54) is 11.1 Å². The molecule has 0 fully saturated rings. The van der Waals surface area contributed by atoms with E-state index in [1.54, 1.807) is 0 Å². The number of azo groups is 1. The molecule has 0 spiro atoms. The number of hydrogen-bond donors (Lipinski definition) is 0. The van der Waals surface area contributed by atoms with Gasteiger partial charge in [0.1, 0.15) is 11.3 Å². The first-order valence-electron chi connectivity index (χ1n) is 9.07. The molecule has 0 aliphatic heterocycles. The Morgan fingerprint density at radius 3 is 2.33 bits per heavy atom. The Balaban J connectivity index is 1.94. The normalized spacial score (nSPS) is 11.6. The third-order valence-corrected chi connectivity index (χ3v) is 4.84. The monoisotopic (exact) mass is 354 g/mol. The van der Waals surface area contributed by atoms with Crippen molar-refractivity contribution in [2.75, 3.05) is 0 Å². The third-order valence-electron chi connectivity index (χ3n) is 4.84. The summed E-state index contributed by atoms with van der Waals surface area (Å²) in [5, 5.41) is 9.26. The highest BCUT2D eigenvalue weighted by Gasteiger charge is 2.16. The molecule has 4 nitrogen and oxygen atoms in total. The van der Waals surface area contributed by atoms with E-state index in [-0.39, 0.29) is 0 Å². The van der Waals surface area contributed by atoms with Crippen molar-refractivity contribution < 1.29 is 0 Å². The van der Waals surface area contributed by atoms with Gasteiger partial charge in [-0.2, -0.15) is 0 Å². The van der Waals surface area contributed by atoms with Crippen LogP contribution in [0.2, 0.25) is 0 Å². The van der Waals surface area contributed by atoms with E-state index in [1.807, 2.05) is 34.9 Å². The van der Waals surface area contributed by atoms with E-state index in [4.69, 9.17) is 4.98 Å². The predicted molar refractivity (Wildman–Crippen MR) is 110 cm³/mol. The van der Waals surface area contributed by atoms with Crippen molar-refractivity contribution in [3.05, 3.63) is 83.0 Å². The number of fused-ring (bicyclic) bond motifs is 1. The Bertz CT molecular complexity index is 1150. The Labute approximate surface area is 159 Å². The lowest BCUT2D eigenvalue weighted by Gasteiger charge is -2.06. The summed E-state index contributed by atoms with van der Waals surface area (Å²) in [7, 11) is 0. The summed E-state index contributed by atoms with van der Waals surface area (Å²) in [6.45, 7) is 8.31. The first-order chi connectivity index (χ1) is 13.0. The third kappa shape index (κ3) is 3.14. The predicted octanol–water partition coefficient (Wildman–Crippen LogP) is 6.65. The van der Waals surface area contributed by atoms with E-state index in [9.17, 15) is 0 Å². The van der Waals surface area contributed by atoms with E-state index in [2.05, 4.69) is 68.3 Å². The van der Waals surface area contributed by atoms with Crippen LogP contribution in [0.15, 0.2) is 71.0 Å². The molecule has 0 atom stereocenters. The van der Waals surface area contributed by atoms with Gasteiger partial charge < -0.3 is 0 Å². The van der Waals surface area contributed by atoms with Crippen LogP contribution >= 0.6 is 0 Å². The zero-order valence-corrected chi connectivity index (χ0v) is 16.1.